The average Bonchev–Trinajstić information content (AvgIpc) is 2.47. The number of hydrogen-bond acceptors (Lipinski definition) is 7. The van der Waals surface area contributed by atoms with Crippen LogP contribution in [0.1, 0.15) is 0 Å². The molecule has 0 amide bonds. The Hall–Kier alpha value is -1.77. The minimum atomic E-state index is -2.44. The number of morpholine rings is 1. The van der Waals surface area contributed by atoms with Crippen molar-refractivity contribution in [3.8, 4) is 0 Å². The largest absolute Gasteiger partial charge is 0.378 e. The van der Waals surface area contributed by atoms with Crippen molar-refractivity contribution in [2.24, 2.45) is 0 Å². The molecular weight excluding hydrogens is 270 g/mol. The van der Waals surface area contributed by atoms with E-state index in [1.54, 1.807) is 7.05 Å². The van der Waals surface area contributed by atoms with E-state index in [1.807, 2.05) is 4.90 Å². The highest BCUT2D eigenvalue weighted by molar-refractivity contribution is 5.44. The SMILES string of the molecule is CNc1nc(N(C)CC(F)F)nc(N2CCOCC2)n1. The Kier molecular flexibility index (Phi) is 4.83. The van der Waals surface area contributed by atoms with Crippen molar-refractivity contribution < 1.29 is 13.5 Å². The van der Waals surface area contributed by atoms with Gasteiger partial charge in [-0.25, -0.2) is 8.78 Å². The number of hydrogen-bond donors (Lipinski definition) is 1. The second kappa shape index (κ2) is 6.60. The van der Waals surface area contributed by atoms with E-state index >= 15 is 0 Å². The van der Waals surface area contributed by atoms with Crippen LogP contribution in [0.3, 0.4) is 0 Å². The maximum atomic E-state index is 12.5. The second-order valence-electron chi connectivity index (χ2n) is 4.38. The van der Waals surface area contributed by atoms with Crippen molar-refractivity contribution in [3.63, 3.8) is 0 Å². The molecule has 0 spiro atoms. The van der Waals surface area contributed by atoms with Gasteiger partial charge >= 0.3 is 0 Å². The van der Waals surface area contributed by atoms with Gasteiger partial charge in [0, 0.05) is 27.2 Å². The summed E-state index contributed by atoms with van der Waals surface area (Å²) < 4.78 is 30.2. The van der Waals surface area contributed by atoms with E-state index in [0.29, 0.717) is 38.2 Å². The lowest BCUT2D eigenvalue weighted by Gasteiger charge is -2.27. The number of anilines is 3. The summed E-state index contributed by atoms with van der Waals surface area (Å²) in [5, 5.41) is 2.82. The molecule has 0 radical (unpaired) electrons. The predicted molar refractivity (Wildman–Crippen MR) is 71.7 cm³/mol. The molecule has 1 N–H and O–H groups in total. The van der Waals surface area contributed by atoms with Gasteiger partial charge in [0.15, 0.2) is 0 Å². The van der Waals surface area contributed by atoms with Crippen LogP contribution in [0.4, 0.5) is 26.6 Å². The number of rotatable bonds is 5. The van der Waals surface area contributed by atoms with E-state index in [1.165, 1.54) is 11.9 Å². The molecule has 0 aromatic carbocycles. The maximum Gasteiger partial charge on any atom is 0.255 e. The number of halogens is 2. The molecule has 0 unspecified atom stereocenters. The van der Waals surface area contributed by atoms with Crippen molar-refractivity contribution in [3.05, 3.63) is 0 Å². The zero-order valence-corrected chi connectivity index (χ0v) is 11.5. The molecule has 7 nitrogen and oxygen atoms in total. The van der Waals surface area contributed by atoms with Crippen LogP contribution in [0, 0.1) is 0 Å². The predicted octanol–water partition coefficient (Wildman–Crippen LogP) is 0.451. The third-order valence-electron chi connectivity index (χ3n) is 2.88. The lowest BCUT2D eigenvalue weighted by Crippen LogP contribution is -2.38. The normalized spacial score (nSPS) is 15.6. The molecule has 2 heterocycles. The Balaban J connectivity index is 2.23. The fourth-order valence-corrected chi connectivity index (χ4v) is 1.83. The molecule has 1 aromatic rings. The highest BCUT2D eigenvalue weighted by atomic mass is 19.3. The van der Waals surface area contributed by atoms with Gasteiger partial charge in [-0.05, 0) is 0 Å². The Morgan fingerprint density at radius 1 is 1.30 bits per heavy atom. The molecule has 1 aromatic heterocycles. The van der Waals surface area contributed by atoms with Crippen molar-refractivity contribution in [1.29, 1.82) is 0 Å². The molecule has 1 fully saturated rings. The van der Waals surface area contributed by atoms with Crippen LogP contribution in [0.15, 0.2) is 0 Å². The molecule has 0 atom stereocenters. The van der Waals surface area contributed by atoms with Crippen LogP contribution in [0.5, 0.6) is 0 Å². The average molecular weight is 288 g/mol. The molecule has 0 saturated carbocycles. The van der Waals surface area contributed by atoms with Gasteiger partial charge in [-0.15, -0.1) is 0 Å². The van der Waals surface area contributed by atoms with Gasteiger partial charge in [0.05, 0.1) is 19.8 Å². The third kappa shape index (κ3) is 3.62. The van der Waals surface area contributed by atoms with E-state index < -0.39 is 13.0 Å². The van der Waals surface area contributed by atoms with Gasteiger partial charge in [-0.3, -0.25) is 0 Å². The second-order valence-corrected chi connectivity index (χ2v) is 4.38. The maximum absolute atomic E-state index is 12.5. The van der Waals surface area contributed by atoms with Crippen LogP contribution in [0.25, 0.3) is 0 Å². The summed E-state index contributed by atoms with van der Waals surface area (Å²) in [5.74, 6) is 1.06. The zero-order valence-electron chi connectivity index (χ0n) is 11.5. The molecule has 20 heavy (non-hydrogen) atoms. The monoisotopic (exact) mass is 288 g/mol. The molecule has 0 bridgehead atoms. The molecule has 1 aliphatic rings. The Morgan fingerprint density at radius 3 is 2.60 bits per heavy atom. The van der Waals surface area contributed by atoms with E-state index in [4.69, 9.17) is 4.74 Å². The first-order valence-electron chi connectivity index (χ1n) is 6.36. The third-order valence-corrected chi connectivity index (χ3v) is 2.88. The van der Waals surface area contributed by atoms with Gasteiger partial charge in [-0.2, -0.15) is 15.0 Å². The molecular formula is C11H18F2N6O. The van der Waals surface area contributed by atoms with E-state index in [-0.39, 0.29) is 5.95 Å². The summed E-state index contributed by atoms with van der Waals surface area (Å²) in [5.41, 5.74) is 0. The lowest BCUT2D eigenvalue weighted by atomic mass is 10.4. The zero-order chi connectivity index (χ0) is 14.5. The van der Waals surface area contributed by atoms with Gasteiger partial charge in [0.25, 0.3) is 6.43 Å². The van der Waals surface area contributed by atoms with E-state index in [2.05, 4.69) is 20.3 Å². The van der Waals surface area contributed by atoms with Crippen LogP contribution < -0.4 is 15.1 Å². The molecule has 112 valence electrons. The standard InChI is InChI=1S/C11H18F2N6O/c1-14-9-15-10(18(2)7-8(12)13)17-11(16-9)19-3-5-20-6-4-19/h8H,3-7H2,1-2H3,(H,14,15,16,17). The van der Waals surface area contributed by atoms with E-state index in [9.17, 15) is 8.78 Å². The number of nitrogens with one attached hydrogen (secondary N) is 1. The van der Waals surface area contributed by atoms with Crippen molar-refractivity contribution in [2.45, 2.75) is 6.43 Å². The summed E-state index contributed by atoms with van der Waals surface area (Å²) in [6, 6.07) is 0. The van der Waals surface area contributed by atoms with Crippen LogP contribution in [0.2, 0.25) is 0 Å². The number of alkyl halides is 2. The fourth-order valence-electron chi connectivity index (χ4n) is 1.83. The summed E-state index contributed by atoms with van der Waals surface area (Å²) in [7, 11) is 3.21. The van der Waals surface area contributed by atoms with Gasteiger partial charge in [0.1, 0.15) is 0 Å². The van der Waals surface area contributed by atoms with E-state index in [0.717, 1.165) is 0 Å². The Bertz CT molecular complexity index is 441. The van der Waals surface area contributed by atoms with Crippen LogP contribution in [-0.2, 0) is 4.74 Å². The van der Waals surface area contributed by atoms with Crippen molar-refractivity contribution in [1.82, 2.24) is 15.0 Å². The summed E-state index contributed by atoms with van der Waals surface area (Å²) in [4.78, 5) is 15.9. The first kappa shape index (κ1) is 14.6. The molecule has 2 rings (SSSR count). The summed E-state index contributed by atoms with van der Waals surface area (Å²) in [6.07, 6.45) is -2.44. The number of aromatic nitrogens is 3. The summed E-state index contributed by atoms with van der Waals surface area (Å²) >= 11 is 0. The minimum absolute atomic E-state index is 0.228. The highest BCUT2D eigenvalue weighted by Gasteiger charge is 2.18. The molecule has 1 saturated heterocycles. The van der Waals surface area contributed by atoms with Gasteiger partial charge in [0.2, 0.25) is 17.8 Å². The molecule has 9 heteroatoms. The van der Waals surface area contributed by atoms with Gasteiger partial charge < -0.3 is 19.9 Å². The van der Waals surface area contributed by atoms with Crippen molar-refractivity contribution >= 4 is 17.8 Å². The highest BCUT2D eigenvalue weighted by Crippen LogP contribution is 2.17. The summed E-state index contributed by atoms with van der Waals surface area (Å²) in [6.45, 7) is 2.12. The number of ether oxygens (including phenoxy) is 1. The first-order chi connectivity index (χ1) is 9.60. The Morgan fingerprint density at radius 2 is 2.00 bits per heavy atom. The van der Waals surface area contributed by atoms with Crippen LogP contribution >= 0.6 is 0 Å². The fraction of sp³-hybridized carbons (Fsp3) is 0.727. The minimum Gasteiger partial charge on any atom is -0.378 e. The first-order valence-corrected chi connectivity index (χ1v) is 6.36. The van der Waals surface area contributed by atoms with Crippen molar-refractivity contribution in [2.75, 3.05) is 62.1 Å². The number of nitrogens with zero attached hydrogens (tertiary/aromatic N) is 5. The lowest BCUT2D eigenvalue weighted by molar-refractivity contribution is 0.122. The topological polar surface area (TPSA) is 66.4 Å². The van der Waals surface area contributed by atoms with Gasteiger partial charge in [-0.1, -0.05) is 0 Å². The quantitative estimate of drug-likeness (QED) is 0.844. The smallest absolute Gasteiger partial charge is 0.255 e. The molecule has 1 aliphatic heterocycles. The molecule has 0 aliphatic carbocycles. The Labute approximate surface area is 116 Å². The van der Waals surface area contributed by atoms with Crippen LogP contribution in [-0.4, -0.2) is 68.3 Å².